The van der Waals surface area contributed by atoms with E-state index in [1.807, 2.05) is 0 Å². The van der Waals surface area contributed by atoms with Crippen molar-refractivity contribution < 1.29 is 9.84 Å². The highest BCUT2D eigenvalue weighted by atomic mass is 16.5. The summed E-state index contributed by atoms with van der Waals surface area (Å²) in [6, 6.07) is 0. The monoisotopic (exact) mass is 215 g/mol. The second-order valence-corrected chi connectivity index (χ2v) is 6.35. The molecule has 1 saturated heterocycles. The predicted molar refractivity (Wildman–Crippen MR) is 61.9 cm³/mol. The Morgan fingerprint density at radius 1 is 1.40 bits per heavy atom. The minimum absolute atomic E-state index is 0.199. The van der Waals surface area contributed by atoms with Gasteiger partial charge in [-0.2, -0.15) is 0 Å². The molecule has 0 aromatic heterocycles. The number of ether oxygens (including phenoxy) is 1. The molecule has 1 unspecified atom stereocenters. The highest BCUT2D eigenvalue weighted by Gasteiger charge is 2.32. The Bertz CT molecular complexity index is 194. The minimum atomic E-state index is -0.241. The lowest BCUT2D eigenvalue weighted by Gasteiger charge is -2.38. The quantitative estimate of drug-likeness (QED) is 0.728. The second kappa shape index (κ2) is 4.81. The van der Waals surface area contributed by atoms with Gasteiger partial charge >= 0.3 is 0 Å². The first-order valence-electron chi connectivity index (χ1n) is 5.77. The van der Waals surface area contributed by atoms with E-state index in [0.29, 0.717) is 12.0 Å². The average molecular weight is 215 g/mol. The van der Waals surface area contributed by atoms with Gasteiger partial charge in [0, 0.05) is 18.5 Å². The maximum Gasteiger partial charge on any atom is 0.0669 e. The van der Waals surface area contributed by atoms with Crippen LogP contribution >= 0.6 is 0 Å². The van der Waals surface area contributed by atoms with Gasteiger partial charge < -0.3 is 15.2 Å². The summed E-state index contributed by atoms with van der Waals surface area (Å²) in [5, 5.41) is 13.1. The van der Waals surface area contributed by atoms with Crippen molar-refractivity contribution in [2.24, 2.45) is 10.8 Å². The lowest BCUT2D eigenvalue weighted by Crippen LogP contribution is -2.48. The molecule has 0 aliphatic carbocycles. The number of hydrogen-bond donors (Lipinski definition) is 2. The summed E-state index contributed by atoms with van der Waals surface area (Å²) in [5.41, 5.74) is 0.492. The summed E-state index contributed by atoms with van der Waals surface area (Å²) >= 11 is 0. The first-order valence-corrected chi connectivity index (χ1v) is 5.77. The van der Waals surface area contributed by atoms with E-state index >= 15 is 0 Å². The summed E-state index contributed by atoms with van der Waals surface area (Å²) in [6.45, 7) is 12.0. The van der Waals surface area contributed by atoms with E-state index in [1.165, 1.54) is 0 Å². The van der Waals surface area contributed by atoms with Gasteiger partial charge in [-0.05, 0) is 11.8 Å². The zero-order valence-corrected chi connectivity index (χ0v) is 10.5. The fourth-order valence-electron chi connectivity index (χ4n) is 1.87. The predicted octanol–water partition coefficient (Wildman–Crippen LogP) is 1.41. The molecule has 15 heavy (non-hydrogen) atoms. The third kappa shape index (κ3) is 4.96. The smallest absolute Gasteiger partial charge is 0.0669 e. The average Bonchev–Trinajstić information content (AvgIpc) is 1.97. The molecule has 0 bridgehead atoms. The summed E-state index contributed by atoms with van der Waals surface area (Å²) in [5.74, 6) is 0. The Balaban J connectivity index is 2.09. The second-order valence-electron chi connectivity index (χ2n) is 6.35. The van der Waals surface area contributed by atoms with Crippen molar-refractivity contribution in [2.75, 3.05) is 26.3 Å². The Morgan fingerprint density at radius 2 is 2.00 bits per heavy atom. The van der Waals surface area contributed by atoms with Crippen molar-refractivity contribution in [2.45, 2.75) is 40.2 Å². The van der Waals surface area contributed by atoms with E-state index in [0.717, 1.165) is 26.2 Å². The molecule has 1 rings (SSSR count). The third-order valence-electron chi connectivity index (χ3n) is 2.68. The van der Waals surface area contributed by atoms with Crippen molar-refractivity contribution in [1.82, 2.24) is 5.32 Å². The first kappa shape index (κ1) is 12.9. The largest absolute Gasteiger partial charge is 0.392 e. The Hall–Kier alpha value is -0.120. The number of rotatable bonds is 5. The zero-order chi connectivity index (χ0) is 11.5. The molecule has 2 N–H and O–H groups in total. The first-order chi connectivity index (χ1) is 6.81. The van der Waals surface area contributed by atoms with E-state index in [9.17, 15) is 5.11 Å². The molecule has 1 atom stereocenters. The molecule has 0 spiro atoms. The highest BCUT2D eigenvalue weighted by molar-refractivity contribution is 4.83. The van der Waals surface area contributed by atoms with E-state index in [1.54, 1.807) is 0 Å². The van der Waals surface area contributed by atoms with Crippen LogP contribution in [0.1, 0.15) is 34.1 Å². The summed E-state index contributed by atoms with van der Waals surface area (Å²) in [7, 11) is 0. The molecule has 0 amide bonds. The van der Waals surface area contributed by atoms with Crippen molar-refractivity contribution in [1.29, 1.82) is 0 Å². The minimum Gasteiger partial charge on any atom is -0.392 e. The van der Waals surface area contributed by atoms with Crippen LogP contribution in [0, 0.1) is 10.8 Å². The lowest BCUT2D eigenvalue weighted by atomic mass is 9.87. The molecule has 0 radical (unpaired) electrons. The third-order valence-corrected chi connectivity index (χ3v) is 2.68. The van der Waals surface area contributed by atoms with E-state index in [2.05, 4.69) is 33.0 Å². The molecule has 1 heterocycles. The number of hydrogen-bond acceptors (Lipinski definition) is 3. The van der Waals surface area contributed by atoms with Gasteiger partial charge in [0.25, 0.3) is 0 Å². The lowest BCUT2D eigenvalue weighted by molar-refractivity contribution is -0.0997. The van der Waals surface area contributed by atoms with Crippen LogP contribution in [-0.2, 0) is 4.74 Å². The summed E-state index contributed by atoms with van der Waals surface area (Å²) < 4.78 is 5.17. The topological polar surface area (TPSA) is 41.5 Å². The highest BCUT2D eigenvalue weighted by Crippen LogP contribution is 2.25. The fourth-order valence-corrected chi connectivity index (χ4v) is 1.87. The normalized spacial score (nSPS) is 22.2. The van der Waals surface area contributed by atoms with Crippen LogP contribution in [0.5, 0.6) is 0 Å². The summed E-state index contributed by atoms with van der Waals surface area (Å²) in [6.07, 6.45) is 0.599. The van der Waals surface area contributed by atoms with Gasteiger partial charge in [-0.25, -0.2) is 0 Å². The maximum absolute atomic E-state index is 9.78. The van der Waals surface area contributed by atoms with Crippen molar-refractivity contribution in [3.8, 4) is 0 Å². The standard InChI is InChI=1S/C12H25NO2/c1-11(2,3)5-10(14)6-13-7-12(4)8-15-9-12/h10,13-14H,5-9H2,1-4H3. The molecule has 1 aliphatic rings. The van der Waals surface area contributed by atoms with Crippen molar-refractivity contribution in [3.05, 3.63) is 0 Å². The van der Waals surface area contributed by atoms with Gasteiger partial charge in [0.15, 0.2) is 0 Å². The molecule has 90 valence electrons. The van der Waals surface area contributed by atoms with Crippen molar-refractivity contribution >= 4 is 0 Å². The molecule has 0 aromatic rings. The van der Waals surface area contributed by atoms with Gasteiger partial charge in [-0.1, -0.05) is 27.7 Å². The van der Waals surface area contributed by atoms with E-state index < -0.39 is 0 Å². The maximum atomic E-state index is 9.78. The molecular weight excluding hydrogens is 190 g/mol. The van der Waals surface area contributed by atoms with Gasteiger partial charge in [0.1, 0.15) is 0 Å². The summed E-state index contributed by atoms with van der Waals surface area (Å²) in [4.78, 5) is 0. The number of nitrogens with one attached hydrogen (secondary N) is 1. The molecule has 3 heteroatoms. The van der Waals surface area contributed by atoms with Gasteiger partial charge in [-0.3, -0.25) is 0 Å². The van der Waals surface area contributed by atoms with Crippen LogP contribution in [0.25, 0.3) is 0 Å². The van der Waals surface area contributed by atoms with Gasteiger partial charge in [-0.15, -0.1) is 0 Å². The van der Waals surface area contributed by atoms with Crippen LogP contribution in [0.2, 0.25) is 0 Å². The number of aliphatic hydroxyl groups excluding tert-OH is 1. The SMILES string of the molecule is CC(C)(C)CC(O)CNCC1(C)COC1. The van der Waals surface area contributed by atoms with Crippen LogP contribution < -0.4 is 5.32 Å². The molecule has 3 nitrogen and oxygen atoms in total. The van der Waals surface area contributed by atoms with E-state index in [4.69, 9.17) is 4.74 Å². The number of aliphatic hydroxyl groups is 1. The molecule has 0 saturated carbocycles. The Morgan fingerprint density at radius 3 is 2.40 bits per heavy atom. The zero-order valence-electron chi connectivity index (χ0n) is 10.5. The van der Waals surface area contributed by atoms with Crippen LogP contribution in [0.4, 0.5) is 0 Å². The molecular formula is C12H25NO2. The van der Waals surface area contributed by atoms with Crippen LogP contribution in [0.3, 0.4) is 0 Å². The van der Waals surface area contributed by atoms with Gasteiger partial charge in [0.2, 0.25) is 0 Å². The van der Waals surface area contributed by atoms with Crippen LogP contribution in [0.15, 0.2) is 0 Å². The van der Waals surface area contributed by atoms with E-state index in [-0.39, 0.29) is 11.5 Å². The Labute approximate surface area is 93.2 Å². The Kier molecular flexibility index (Phi) is 4.15. The molecule has 1 aliphatic heterocycles. The fraction of sp³-hybridized carbons (Fsp3) is 1.00. The van der Waals surface area contributed by atoms with Crippen molar-refractivity contribution in [3.63, 3.8) is 0 Å². The molecule has 0 aromatic carbocycles. The van der Waals surface area contributed by atoms with Crippen LogP contribution in [-0.4, -0.2) is 37.5 Å². The van der Waals surface area contributed by atoms with Gasteiger partial charge in [0.05, 0.1) is 19.3 Å². The molecule has 1 fully saturated rings.